The lowest BCUT2D eigenvalue weighted by Crippen LogP contribution is -2.06. The number of benzene rings is 1. The minimum atomic E-state index is -1.06. The van der Waals surface area contributed by atoms with E-state index in [1.165, 1.54) is 35.2 Å². The van der Waals surface area contributed by atoms with Crippen molar-refractivity contribution in [3.8, 4) is 5.75 Å². The molecule has 1 aromatic carbocycles. The van der Waals surface area contributed by atoms with Gasteiger partial charge in [0.15, 0.2) is 17.7 Å². The molecule has 4 rings (SSSR count). The quantitative estimate of drug-likeness (QED) is 0.488. The predicted molar refractivity (Wildman–Crippen MR) is 105 cm³/mol. The van der Waals surface area contributed by atoms with Crippen LogP contribution in [0, 0.1) is 19.7 Å². The molecule has 1 atom stereocenters. The van der Waals surface area contributed by atoms with E-state index in [4.69, 9.17) is 9.26 Å². The number of nitrogens with zero attached hydrogens (tertiary/aromatic N) is 4. The van der Waals surface area contributed by atoms with Gasteiger partial charge in [0.2, 0.25) is 0 Å². The van der Waals surface area contributed by atoms with Crippen LogP contribution in [0.2, 0.25) is 0 Å². The lowest BCUT2D eigenvalue weighted by molar-refractivity contribution is 0.0696. The molecular weight excluding hydrogens is 393 g/mol. The van der Waals surface area contributed by atoms with Crippen LogP contribution in [0.15, 0.2) is 41.3 Å². The van der Waals surface area contributed by atoms with Crippen LogP contribution in [0.3, 0.4) is 0 Å². The van der Waals surface area contributed by atoms with E-state index in [0.717, 1.165) is 0 Å². The van der Waals surface area contributed by atoms with Crippen molar-refractivity contribution in [2.45, 2.75) is 26.9 Å². The Balaban J connectivity index is 1.71. The highest BCUT2D eigenvalue weighted by molar-refractivity contribution is 5.94. The minimum Gasteiger partial charge on any atom is -0.480 e. The normalized spacial score (nSPS) is 12.1. The van der Waals surface area contributed by atoms with E-state index in [1.54, 1.807) is 26.8 Å². The molecule has 0 spiro atoms. The van der Waals surface area contributed by atoms with Crippen LogP contribution in [-0.4, -0.2) is 30.8 Å². The van der Waals surface area contributed by atoms with E-state index < -0.39 is 17.9 Å². The Morgan fingerprint density at radius 1 is 1.33 bits per heavy atom. The fourth-order valence-electron chi connectivity index (χ4n) is 3.12. The van der Waals surface area contributed by atoms with Crippen molar-refractivity contribution in [2.75, 3.05) is 5.32 Å². The van der Waals surface area contributed by atoms with Gasteiger partial charge in [0.25, 0.3) is 0 Å². The van der Waals surface area contributed by atoms with Crippen LogP contribution in [0.1, 0.15) is 40.4 Å². The van der Waals surface area contributed by atoms with Crippen LogP contribution in [0.4, 0.5) is 15.9 Å². The molecule has 3 aromatic heterocycles. The maximum absolute atomic E-state index is 13.9. The summed E-state index contributed by atoms with van der Waals surface area (Å²) < 4.78 is 26.5. The second-order valence-electron chi connectivity index (χ2n) is 6.77. The molecule has 2 N–H and O–H groups in total. The molecule has 154 valence electrons. The first-order valence-corrected chi connectivity index (χ1v) is 9.06. The molecule has 30 heavy (non-hydrogen) atoms. The third-order valence-electron chi connectivity index (χ3n) is 4.60. The summed E-state index contributed by atoms with van der Waals surface area (Å²) in [7, 11) is 0. The maximum Gasteiger partial charge on any atom is 0.337 e. The number of rotatable bonds is 6. The van der Waals surface area contributed by atoms with Crippen LogP contribution >= 0.6 is 0 Å². The van der Waals surface area contributed by atoms with Crippen LogP contribution in [0.25, 0.3) is 5.52 Å². The minimum absolute atomic E-state index is 0.114. The largest absolute Gasteiger partial charge is 0.480 e. The molecule has 0 amide bonds. The Hall–Kier alpha value is -3.95. The standard InChI is InChI=1S/C20H18FN5O4/c1-10-6-16(30-25-10)12(3)29-17-7-13(21)4-5-15(17)24-19-18-11(2)14(20(27)28)8-26(18)23-9-22-19/h4-9,12H,1-3H3,(H,27,28)(H,22,23,24)/t12-/m1/s1. The molecule has 0 aliphatic rings. The number of hydrogen-bond donors (Lipinski definition) is 2. The van der Waals surface area contributed by atoms with Gasteiger partial charge in [0, 0.05) is 18.3 Å². The van der Waals surface area contributed by atoms with Gasteiger partial charge in [-0.05, 0) is 38.5 Å². The second-order valence-corrected chi connectivity index (χ2v) is 6.77. The number of halogens is 1. The van der Waals surface area contributed by atoms with Gasteiger partial charge >= 0.3 is 5.97 Å². The van der Waals surface area contributed by atoms with Gasteiger partial charge in [-0.15, -0.1) is 0 Å². The molecule has 0 unspecified atom stereocenters. The molecular formula is C20H18FN5O4. The Bertz CT molecular complexity index is 1250. The molecule has 0 saturated carbocycles. The Labute approximate surface area is 170 Å². The summed E-state index contributed by atoms with van der Waals surface area (Å²) in [5, 5.41) is 20.4. The first kappa shape index (κ1) is 19.4. The van der Waals surface area contributed by atoms with Gasteiger partial charge in [-0.1, -0.05) is 5.16 Å². The molecule has 0 bridgehead atoms. The van der Waals surface area contributed by atoms with Gasteiger partial charge in [-0.3, -0.25) is 0 Å². The van der Waals surface area contributed by atoms with Crippen LogP contribution in [0.5, 0.6) is 5.75 Å². The third-order valence-corrected chi connectivity index (χ3v) is 4.60. The Kier molecular flexibility index (Phi) is 4.82. The molecule has 10 heteroatoms. The first-order chi connectivity index (χ1) is 14.3. The smallest absolute Gasteiger partial charge is 0.337 e. The lowest BCUT2D eigenvalue weighted by Gasteiger charge is -2.17. The molecule has 0 fully saturated rings. The highest BCUT2D eigenvalue weighted by Gasteiger charge is 2.19. The average molecular weight is 411 g/mol. The fourth-order valence-corrected chi connectivity index (χ4v) is 3.12. The summed E-state index contributed by atoms with van der Waals surface area (Å²) in [5.74, 6) is -0.450. The molecule has 4 aromatic rings. The van der Waals surface area contributed by atoms with Crippen molar-refractivity contribution in [2.24, 2.45) is 0 Å². The number of ether oxygens (including phenoxy) is 1. The van der Waals surface area contributed by atoms with E-state index in [9.17, 15) is 14.3 Å². The van der Waals surface area contributed by atoms with E-state index in [0.29, 0.717) is 34.0 Å². The second kappa shape index (κ2) is 7.47. The van der Waals surface area contributed by atoms with Gasteiger partial charge in [-0.2, -0.15) is 5.10 Å². The first-order valence-electron chi connectivity index (χ1n) is 9.06. The summed E-state index contributed by atoms with van der Waals surface area (Å²) in [6.07, 6.45) is 2.19. The predicted octanol–water partition coefficient (Wildman–Crippen LogP) is 4.06. The topological polar surface area (TPSA) is 115 Å². The van der Waals surface area contributed by atoms with Crippen molar-refractivity contribution in [1.82, 2.24) is 19.8 Å². The number of carboxylic acid groups (broad SMARTS) is 1. The number of fused-ring (bicyclic) bond motifs is 1. The molecule has 3 heterocycles. The zero-order valence-corrected chi connectivity index (χ0v) is 16.4. The van der Waals surface area contributed by atoms with Gasteiger partial charge in [0.05, 0.1) is 16.9 Å². The summed E-state index contributed by atoms with van der Waals surface area (Å²) in [4.78, 5) is 15.7. The zero-order valence-electron chi connectivity index (χ0n) is 16.4. The van der Waals surface area contributed by atoms with E-state index in [1.807, 2.05) is 0 Å². The van der Waals surface area contributed by atoms with Crippen molar-refractivity contribution < 1.29 is 23.6 Å². The van der Waals surface area contributed by atoms with Crippen molar-refractivity contribution in [3.05, 3.63) is 65.2 Å². The van der Waals surface area contributed by atoms with E-state index in [-0.39, 0.29) is 11.3 Å². The number of aromatic nitrogens is 4. The molecule has 0 saturated heterocycles. The highest BCUT2D eigenvalue weighted by atomic mass is 19.1. The van der Waals surface area contributed by atoms with E-state index >= 15 is 0 Å². The Morgan fingerprint density at radius 2 is 2.13 bits per heavy atom. The number of aryl methyl sites for hydroxylation is 2. The number of carbonyl (C=O) groups is 1. The van der Waals surface area contributed by atoms with Gasteiger partial charge < -0.3 is 19.7 Å². The van der Waals surface area contributed by atoms with Crippen LogP contribution < -0.4 is 10.1 Å². The monoisotopic (exact) mass is 411 g/mol. The van der Waals surface area contributed by atoms with Gasteiger partial charge in [0.1, 0.15) is 23.4 Å². The van der Waals surface area contributed by atoms with E-state index in [2.05, 4.69) is 20.6 Å². The maximum atomic E-state index is 13.9. The zero-order chi connectivity index (χ0) is 21.4. The average Bonchev–Trinajstić information content (AvgIpc) is 3.28. The Morgan fingerprint density at radius 3 is 2.83 bits per heavy atom. The van der Waals surface area contributed by atoms with Crippen molar-refractivity contribution in [3.63, 3.8) is 0 Å². The van der Waals surface area contributed by atoms with Crippen molar-refractivity contribution >= 4 is 23.0 Å². The molecule has 0 aliphatic heterocycles. The number of nitrogens with one attached hydrogen (secondary N) is 1. The summed E-state index contributed by atoms with van der Waals surface area (Å²) >= 11 is 0. The number of hydrogen-bond acceptors (Lipinski definition) is 7. The summed E-state index contributed by atoms with van der Waals surface area (Å²) in [6, 6.07) is 5.78. The lowest BCUT2D eigenvalue weighted by atomic mass is 10.2. The third kappa shape index (κ3) is 3.54. The number of aromatic carboxylic acids is 1. The number of anilines is 2. The summed E-state index contributed by atoms with van der Waals surface area (Å²) in [5.41, 5.74) is 2.25. The summed E-state index contributed by atoms with van der Waals surface area (Å²) in [6.45, 7) is 5.22. The SMILES string of the molecule is Cc1cc([C@@H](C)Oc2cc(F)ccc2Nc2ncnn3cc(C(=O)O)c(C)c23)on1. The highest BCUT2D eigenvalue weighted by Crippen LogP contribution is 2.34. The molecule has 0 radical (unpaired) electrons. The fraction of sp³-hybridized carbons (Fsp3) is 0.200. The van der Waals surface area contributed by atoms with Gasteiger partial charge in [-0.25, -0.2) is 18.7 Å². The molecule has 0 aliphatic carbocycles. The van der Waals surface area contributed by atoms with Crippen LogP contribution in [-0.2, 0) is 0 Å². The van der Waals surface area contributed by atoms with Crippen molar-refractivity contribution in [1.29, 1.82) is 0 Å². The number of carboxylic acids is 1. The molecule has 9 nitrogen and oxygen atoms in total.